The van der Waals surface area contributed by atoms with Gasteiger partial charge in [0.05, 0.1) is 5.75 Å². The van der Waals surface area contributed by atoms with E-state index in [9.17, 15) is 17.9 Å². The highest BCUT2D eigenvalue weighted by molar-refractivity contribution is 7.88. The molecule has 0 heterocycles. The standard InChI is InChI=1S/C16H18FNO3S/c1-16(19,14-7-9-15(17)10-8-14)12-18-22(20,21)11-13-5-3-2-4-6-13/h2-10,18-19H,11-12H2,1H3. The van der Waals surface area contributed by atoms with Gasteiger partial charge in [0, 0.05) is 6.54 Å². The second kappa shape index (κ2) is 6.56. The van der Waals surface area contributed by atoms with Crippen LogP contribution in [-0.4, -0.2) is 20.1 Å². The van der Waals surface area contributed by atoms with Crippen molar-refractivity contribution in [3.63, 3.8) is 0 Å². The molecule has 2 N–H and O–H groups in total. The van der Waals surface area contributed by atoms with Gasteiger partial charge in [-0.05, 0) is 30.2 Å². The van der Waals surface area contributed by atoms with Gasteiger partial charge in [0.2, 0.25) is 10.0 Å². The molecule has 2 rings (SSSR count). The van der Waals surface area contributed by atoms with Crippen molar-refractivity contribution in [2.75, 3.05) is 6.54 Å². The van der Waals surface area contributed by atoms with Crippen LogP contribution in [0.15, 0.2) is 54.6 Å². The van der Waals surface area contributed by atoms with Crippen molar-refractivity contribution in [2.45, 2.75) is 18.3 Å². The van der Waals surface area contributed by atoms with E-state index in [1.807, 2.05) is 6.07 Å². The van der Waals surface area contributed by atoms with Crippen molar-refractivity contribution in [1.82, 2.24) is 4.72 Å². The quantitative estimate of drug-likeness (QED) is 0.856. The van der Waals surface area contributed by atoms with E-state index < -0.39 is 21.4 Å². The van der Waals surface area contributed by atoms with Gasteiger partial charge in [-0.25, -0.2) is 17.5 Å². The maximum Gasteiger partial charge on any atom is 0.215 e. The molecule has 4 nitrogen and oxygen atoms in total. The molecule has 0 saturated heterocycles. The molecule has 0 aliphatic rings. The van der Waals surface area contributed by atoms with Crippen molar-refractivity contribution < 1.29 is 17.9 Å². The second-order valence-electron chi connectivity index (χ2n) is 5.35. The third kappa shape index (κ3) is 4.62. The first-order chi connectivity index (χ1) is 10.3. The molecule has 0 aliphatic carbocycles. The molecule has 0 aromatic heterocycles. The van der Waals surface area contributed by atoms with Crippen LogP contribution < -0.4 is 4.72 Å². The molecule has 6 heteroatoms. The van der Waals surface area contributed by atoms with E-state index in [4.69, 9.17) is 0 Å². The zero-order chi connectivity index (χ0) is 16.2. The predicted octanol–water partition coefficient (Wildman–Crippen LogP) is 2.15. The number of nitrogens with one attached hydrogen (secondary N) is 1. The van der Waals surface area contributed by atoms with Crippen LogP contribution in [0, 0.1) is 5.82 Å². The Morgan fingerprint density at radius 1 is 1.09 bits per heavy atom. The topological polar surface area (TPSA) is 66.4 Å². The number of sulfonamides is 1. The van der Waals surface area contributed by atoms with E-state index >= 15 is 0 Å². The number of hydrogen-bond donors (Lipinski definition) is 2. The number of aliphatic hydroxyl groups is 1. The molecule has 22 heavy (non-hydrogen) atoms. The van der Waals surface area contributed by atoms with Crippen LogP contribution >= 0.6 is 0 Å². The minimum absolute atomic E-state index is 0.159. The van der Waals surface area contributed by atoms with E-state index in [0.717, 1.165) is 0 Å². The molecular weight excluding hydrogens is 305 g/mol. The Labute approximate surface area is 129 Å². The Balaban J connectivity index is 2.03. The average Bonchev–Trinajstić information content (AvgIpc) is 2.47. The fraction of sp³-hybridized carbons (Fsp3) is 0.250. The highest BCUT2D eigenvalue weighted by Gasteiger charge is 2.25. The molecule has 0 saturated carbocycles. The van der Waals surface area contributed by atoms with Crippen LogP contribution in [0.25, 0.3) is 0 Å². The Morgan fingerprint density at radius 2 is 1.68 bits per heavy atom. The van der Waals surface area contributed by atoms with Crippen LogP contribution in [0.4, 0.5) is 4.39 Å². The fourth-order valence-corrected chi connectivity index (χ4v) is 3.24. The maximum atomic E-state index is 12.9. The van der Waals surface area contributed by atoms with Gasteiger partial charge in [0.15, 0.2) is 0 Å². The molecule has 118 valence electrons. The molecule has 1 unspecified atom stereocenters. The summed E-state index contributed by atoms with van der Waals surface area (Å²) in [7, 11) is -3.57. The molecule has 1 atom stereocenters. The van der Waals surface area contributed by atoms with Gasteiger partial charge in [0.1, 0.15) is 11.4 Å². The van der Waals surface area contributed by atoms with Gasteiger partial charge in [-0.2, -0.15) is 0 Å². The predicted molar refractivity (Wildman–Crippen MR) is 83.0 cm³/mol. The van der Waals surface area contributed by atoms with Gasteiger partial charge in [-0.3, -0.25) is 0 Å². The zero-order valence-electron chi connectivity index (χ0n) is 12.2. The highest BCUT2D eigenvalue weighted by atomic mass is 32.2. The van der Waals surface area contributed by atoms with Crippen molar-refractivity contribution in [2.24, 2.45) is 0 Å². The number of rotatable bonds is 6. The van der Waals surface area contributed by atoms with Crippen molar-refractivity contribution in [3.8, 4) is 0 Å². The van der Waals surface area contributed by atoms with Gasteiger partial charge in [0.25, 0.3) is 0 Å². The first-order valence-corrected chi connectivity index (χ1v) is 8.43. The molecule has 0 fully saturated rings. The fourth-order valence-electron chi connectivity index (χ4n) is 2.01. The van der Waals surface area contributed by atoms with E-state index in [-0.39, 0.29) is 12.3 Å². The lowest BCUT2D eigenvalue weighted by molar-refractivity contribution is 0.0627. The molecule has 0 radical (unpaired) electrons. The van der Waals surface area contributed by atoms with Crippen LogP contribution in [0.2, 0.25) is 0 Å². The van der Waals surface area contributed by atoms with Crippen molar-refractivity contribution in [3.05, 3.63) is 71.5 Å². The van der Waals surface area contributed by atoms with E-state index in [1.165, 1.54) is 31.2 Å². The molecule has 0 amide bonds. The highest BCUT2D eigenvalue weighted by Crippen LogP contribution is 2.20. The summed E-state index contributed by atoms with van der Waals surface area (Å²) in [6, 6.07) is 14.1. The third-order valence-corrected chi connectivity index (χ3v) is 4.60. The van der Waals surface area contributed by atoms with E-state index in [2.05, 4.69) is 4.72 Å². The molecule has 0 bridgehead atoms. The van der Waals surface area contributed by atoms with Crippen molar-refractivity contribution in [1.29, 1.82) is 0 Å². The van der Waals surface area contributed by atoms with Gasteiger partial charge in [-0.1, -0.05) is 42.5 Å². The molecule has 0 aliphatic heterocycles. The largest absolute Gasteiger partial charge is 0.384 e. The number of benzene rings is 2. The normalized spacial score (nSPS) is 14.5. The van der Waals surface area contributed by atoms with E-state index in [1.54, 1.807) is 24.3 Å². The van der Waals surface area contributed by atoms with Gasteiger partial charge in [-0.15, -0.1) is 0 Å². The summed E-state index contributed by atoms with van der Waals surface area (Å²) < 4.78 is 39.4. The summed E-state index contributed by atoms with van der Waals surface area (Å²) in [5.41, 5.74) is -0.315. The van der Waals surface area contributed by atoms with Gasteiger partial charge >= 0.3 is 0 Å². The SMILES string of the molecule is CC(O)(CNS(=O)(=O)Cc1ccccc1)c1ccc(F)cc1. The number of hydrogen-bond acceptors (Lipinski definition) is 3. The maximum absolute atomic E-state index is 12.9. The smallest absolute Gasteiger partial charge is 0.215 e. The molecule has 2 aromatic rings. The minimum Gasteiger partial charge on any atom is -0.384 e. The lowest BCUT2D eigenvalue weighted by Gasteiger charge is -2.24. The summed E-state index contributed by atoms with van der Waals surface area (Å²) in [5.74, 6) is -0.572. The summed E-state index contributed by atoms with van der Waals surface area (Å²) in [6.07, 6.45) is 0. The third-order valence-electron chi connectivity index (χ3n) is 3.30. The Bertz CT molecular complexity index is 713. The molecular formula is C16H18FNO3S. The Hall–Kier alpha value is -1.76. The van der Waals surface area contributed by atoms with Gasteiger partial charge < -0.3 is 5.11 Å². The lowest BCUT2D eigenvalue weighted by atomic mass is 9.96. The molecule has 0 spiro atoms. The average molecular weight is 323 g/mol. The van der Waals surface area contributed by atoms with Crippen LogP contribution in [-0.2, 0) is 21.4 Å². The summed E-state index contributed by atoms with van der Waals surface area (Å²) >= 11 is 0. The summed E-state index contributed by atoms with van der Waals surface area (Å²) in [5, 5.41) is 10.4. The molecule has 2 aromatic carbocycles. The van der Waals surface area contributed by atoms with Crippen LogP contribution in [0.3, 0.4) is 0 Å². The Kier molecular flexibility index (Phi) is 4.95. The first-order valence-electron chi connectivity index (χ1n) is 6.78. The minimum atomic E-state index is -3.57. The second-order valence-corrected chi connectivity index (χ2v) is 7.15. The van der Waals surface area contributed by atoms with Crippen molar-refractivity contribution >= 4 is 10.0 Å². The first kappa shape index (κ1) is 16.6. The summed E-state index contributed by atoms with van der Waals surface area (Å²) in [4.78, 5) is 0. The monoisotopic (exact) mass is 323 g/mol. The van der Waals surface area contributed by atoms with E-state index in [0.29, 0.717) is 11.1 Å². The zero-order valence-corrected chi connectivity index (χ0v) is 13.0. The number of halogens is 1. The Morgan fingerprint density at radius 3 is 2.27 bits per heavy atom. The lowest BCUT2D eigenvalue weighted by Crippen LogP contribution is -2.39. The summed E-state index contributed by atoms with van der Waals surface area (Å²) in [6.45, 7) is 1.29. The van der Waals surface area contributed by atoms with Crippen LogP contribution in [0.1, 0.15) is 18.1 Å². The van der Waals surface area contributed by atoms with Crippen LogP contribution in [0.5, 0.6) is 0 Å².